The fraction of sp³-hybridized carbons (Fsp3) is 0.688. The Labute approximate surface area is 127 Å². The Hall–Kier alpha value is -1.65. The Kier molecular flexibility index (Phi) is 5.53. The molecular formula is C16H26N4O. The van der Waals surface area contributed by atoms with E-state index in [2.05, 4.69) is 34.0 Å². The van der Waals surface area contributed by atoms with E-state index in [1.54, 1.807) is 6.20 Å². The van der Waals surface area contributed by atoms with Crippen molar-refractivity contribution < 1.29 is 4.79 Å². The molecule has 0 bridgehead atoms. The van der Waals surface area contributed by atoms with Crippen LogP contribution in [0.15, 0.2) is 12.3 Å². The third-order valence-electron chi connectivity index (χ3n) is 3.95. The number of anilines is 1. The maximum Gasteiger partial charge on any atom is 0.225 e. The molecule has 1 N–H and O–H groups in total. The van der Waals surface area contributed by atoms with Crippen molar-refractivity contribution in [3.63, 3.8) is 0 Å². The summed E-state index contributed by atoms with van der Waals surface area (Å²) in [5.74, 6) is 1.76. The van der Waals surface area contributed by atoms with Gasteiger partial charge in [-0.15, -0.1) is 0 Å². The molecule has 21 heavy (non-hydrogen) atoms. The maximum atomic E-state index is 12.1. The second-order valence-corrected chi connectivity index (χ2v) is 6.23. The second-order valence-electron chi connectivity index (χ2n) is 6.23. The molecule has 116 valence electrons. The molecule has 1 aliphatic heterocycles. The highest BCUT2D eigenvalue weighted by Crippen LogP contribution is 2.20. The highest BCUT2D eigenvalue weighted by Gasteiger charge is 2.25. The molecule has 0 spiro atoms. The summed E-state index contributed by atoms with van der Waals surface area (Å²) < 4.78 is 0. The molecule has 5 heteroatoms. The number of nitrogens with zero attached hydrogens (tertiary/aromatic N) is 3. The lowest BCUT2D eigenvalue weighted by Gasteiger charge is -2.31. The molecule has 1 fully saturated rings. The predicted octanol–water partition coefficient (Wildman–Crippen LogP) is 2.16. The Balaban J connectivity index is 1.79. The standard InChI is InChI=1S/C16H26N4O/c1-12(2)4-8-17-15(21)14-6-10-20(11-7-14)16-18-9-5-13(3)19-16/h5,9,12,14H,4,6-8,10-11H2,1-3H3,(H,17,21). The van der Waals surface area contributed by atoms with Gasteiger partial charge in [-0.3, -0.25) is 4.79 Å². The van der Waals surface area contributed by atoms with Gasteiger partial charge in [0.2, 0.25) is 11.9 Å². The lowest BCUT2D eigenvalue weighted by Crippen LogP contribution is -2.41. The van der Waals surface area contributed by atoms with Crippen molar-refractivity contribution in [2.24, 2.45) is 11.8 Å². The van der Waals surface area contributed by atoms with Gasteiger partial charge in [0.25, 0.3) is 0 Å². The summed E-state index contributed by atoms with van der Waals surface area (Å²) in [5, 5.41) is 3.06. The van der Waals surface area contributed by atoms with Gasteiger partial charge in [0.15, 0.2) is 0 Å². The van der Waals surface area contributed by atoms with Gasteiger partial charge in [-0.25, -0.2) is 9.97 Å². The summed E-state index contributed by atoms with van der Waals surface area (Å²) in [6, 6.07) is 1.90. The van der Waals surface area contributed by atoms with E-state index in [1.807, 2.05) is 13.0 Å². The van der Waals surface area contributed by atoms with Gasteiger partial charge in [-0.05, 0) is 38.2 Å². The second kappa shape index (κ2) is 7.38. The zero-order valence-corrected chi connectivity index (χ0v) is 13.3. The zero-order chi connectivity index (χ0) is 15.2. The Bertz CT molecular complexity index is 467. The van der Waals surface area contributed by atoms with E-state index >= 15 is 0 Å². The number of piperidine rings is 1. The first-order valence-electron chi connectivity index (χ1n) is 7.88. The Morgan fingerprint density at radius 1 is 1.43 bits per heavy atom. The molecule has 1 aromatic heterocycles. The van der Waals surface area contributed by atoms with Crippen molar-refractivity contribution in [2.45, 2.75) is 40.0 Å². The number of hydrogen-bond donors (Lipinski definition) is 1. The van der Waals surface area contributed by atoms with Crippen LogP contribution in [0, 0.1) is 18.8 Å². The summed E-state index contributed by atoms with van der Waals surface area (Å²) in [6.07, 6.45) is 4.60. The molecule has 0 atom stereocenters. The van der Waals surface area contributed by atoms with Gasteiger partial charge in [0.1, 0.15) is 0 Å². The molecule has 0 aliphatic carbocycles. The quantitative estimate of drug-likeness (QED) is 0.903. The number of carbonyl (C=O) groups is 1. The lowest BCUT2D eigenvalue weighted by atomic mass is 9.96. The summed E-state index contributed by atoms with van der Waals surface area (Å²) in [7, 11) is 0. The normalized spacial score (nSPS) is 16.3. The van der Waals surface area contributed by atoms with Crippen molar-refractivity contribution in [2.75, 3.05) is 24.5 Å². The number of nitrogens with one attached hydrogen (secondary N) is 1. The van der Waals surface area contributed by atoms with E-state index in [1.165, 1.54) is 0 Å². The number of aromatic nitrogens is 2. The molecule has 0 saturated carbocycles. The van der Waals surface area contributed by atoms with Crippen LogP contribution < -0.4 is 10.2 Å². The van der Waals surface area contributed by atoms with Crippen molar-refractivity contribution in [3.05, 3.63) is 18.0 Å². The van der Waals surface area contributed by atoms with Crippen LogP contribution >= 0.6 is 0 Å². The molecule has 2 heterocycles. The maximum absolute atomic E-state index is 12.1. The van der Waals surface area contributed by atoms with Crippen LogP contribution in [0.4, 0.5) is 5.95 Å². The van der Waals surface area contributed by atoms with Crippen molar-refractivity contribution >= 4 is 11.9 Å². The molecule has 1 amide bonds. The summed E-state index contributed by atoms with van der Waals surface area (Å²) in [4.78, 5) is 23.1. The number of rotatable bonds is 5. The molecule has 1 aromatic rings. The summed E-state index contributed by atoms with van der Waals surface area (Å²) in [5.41, 5.74) is 0.980. The molecule has 0 unspecified atom stereocenters. The van der Waals surface area contributed by atoms with Crippen LogP contribution in [0.2, 0.25) is 0 Å². The minimum absolute atomic E-state index is 0.137. The van der Waals surface area contributed by atoms with Gasteiger partial charge in [0.05, 0.1) is 0 Å². The molecule has 0 aromatic carbocycles. The van der Waals surface area contributed by atoms with Crippen molar-refractivity contribution in [1.29, 1.82) is 0 Å². The number of amides is 1. The van der Waals surface area contributed by atoms with Gasteiger partial charge in [-0.2, -0.15) is 0 Å². The average molecular weight is 290 g/mol. The molecule has 1 saturated heterocycles. The SMILES string of the molecule is Cc1ccnc(N2CCC(C(=O)NCCC(C)C)CC2)n1. The van der Waals surface area contributed by atoms with E-state index in [4.69, 9.17) is 0 Å². The van der Waals surface area contributed by atoms with Gasteiger partial charge >= 0.3 is 0 Å². The fourth-order valence-corrected chi connectivity index (χ4v) is 2.56. The smallest absolute Gasteiger partial charge is 0.225 e. The third kappa shape index (κ3) is 4.69. The first kappa shape index (κ1) is 15.7. The summed E-state index contributed by atoms with van der Waals surface area (Å²) in [6.45, 7) is 8.81. The van der Waals surface area contributed by atoms with E-state index in [-0.39, 0.29) is 11.8 Å². The molecule has 2 rings (SSSR count). The van der Waals surface area contributed by atoms with Crippen molar-refractivity contribution in [1.82, 2.24) is 15.3 Å². The average Bonchev–Trinajstić information content (AvgIpc) is 2.47. The van der Waals surface area contributed by atoms with E-state index < -0.39 is 0 Å². The monoisotopic (exact) mass is 290 g/mol. The number of aryl methyl sites for hydroxylation is 1. The van der Waals surface area contributed by atoms with Crippen LogP contribution in [-0.4, -0.2) is 35.5 Å². The van der Waals surface area contributed by atoms with Crippen LogP contribution in [0.3, 0.4) is 0 Å². The largest absolute Gasteiger partial charge is 0.356 e. The van der Waals surface area contributed by atoms with E-state index in [9.17, 15) is 4.79 Å². The number of carbonyl (C=O) groups excluding carboxylic acids is 1. The van der Waals surface area contributed by atoms with Crippen LogP contribution in [0.1, 0.15) is 38.8 Å². The third-order valence-corrected chi connectivity index (χ3v) is 3.95. The van der Waals surface area contributed by atoms with Crippen LogP contribution in [-0.2, 0) is 4.79 Å². The molecule has 1 aliphatic rings. The Morgan fingerprint density at radius 2 is 2.14 bits per heavy atom. The predicted molar refractivity (Wildman–Crippen MR) is 84.2 cm³/mol. The lowest BCUT2D eigenvalue weighted by molar-refractivity contribution is -0.125. The van der Waals surface area contributed by atoms with Gasteiger partial charge in [-0.1, -0.05) is 13.8 Å². The molecular weight excluding hydrogens is 264 g/mol. The fourth-order valence-electron chi connectivity index (χ4n) is 2.56. The van der Waals surface area contributed by atoms with Gasteiger partial charge in [0, 0.05) is 37.4 Å². The first-order valence-corrected chi connectivity index (χ1v) is 7.88. The summed E-state index contributed by atoms with van der Waals surface area (Å²) >= 11 is 0. The highest BCUT2D eigenvalue weighted by molar-refractivity contribution is 5.78. The van der Waals surface area contributed by atoms with Gasteiger partial charge < -0.3 is 10.2 Å². The van der Waals surface area contributed by atoms with Crippen molar-refractivity contribution in [3.8, 4) is 0 Å². The topological polar surface area (TPSA) is 58.1 Å². The van der Waals surface area contributed by atoms with Crippen LogP contribution in [0.5, 0.6) is 0 Å². The Morgan fingerprint density at radius 3 is 2.76 bits per heavy atom. The number of hydrogen-bond acceptors (Lipinski definition) is 4. The first-order chi connectivity index (χ1) is 10.1. The van der Waals surface area contributed by atoms with Crippen LogP contribution in [0.25, 0.3) is 0 Å². The molecule has 0 radical (unpaired) electrons. The highest BCUT2D eigenvalue weighted by atomic mass is 16.1. The zero-order valence-electron chi connectivity index (χ0n) is 13.3. The van der Waals surface area contributed by atoms with E-state index in [0.29, 0.717) is 5.92 Å². The van der Waals surface area contributed by atoms with E-state index in [0.717, 1.165) is 50.5 Å². The molecule has 5 nitrogen and oxygen atoms in total. The minimum Gasteiger partial charge on any atom is -0.356 e. The minimum atomic E-state index is 0.137.